The number of carbonyl (C=O) groups excluding carboxylic acids is 1. The van der Waals surface area contributed by atoms with Crippen molar-refractivity contribution in [1.82, 2.24) is 0 Å². The molecule has 0 unspecified atom stereocenters. The standard InChI is InChI=1S/C16H16O4/c1-10-3-5-12(6-4-10)20-9-15(18)13-7-8-14(17)11(2)16(13)19/h3-8,17,19H,9H2,1-2H3. The van der Waals surface area contributed by atoms with Crippen molar-refractivity contribution in [3.63, 3.8) is 0 Å². The third kappa shape index (κ3) is 2.91. The van der Waals surface area contributed by atoms with Gasteiger partial charge in [-0.3, -0.25) is 4.79 Å². The Morgan fingerprint density at radius 1 is 1.05 bits per heavy atom. The molecule has 0 heterocycles. The Kier molecular flexibility index (Phi) is 3.94. The topological polar surface area (TPSA) is 66.8 Å². The summed E-state index contributed by atoms with van der Waals surface area (Å²) < 4.78 is 5.38. The van der Waals surface area contributed by atoms with Crippen molar-refractivity contribution in [3.8, 4) is 17.2 Å². The van der Waals surface area contributed by atoms with Crippen LogP contribution in [0.4, 0.5) is 0 Å². The van der Waals surface area contributed by atoms with E-state index in [2.05, 4.69) is 0 Å². The van der Waals surface area contributed by atoms with Crippen LogP contribution in [-0.2, 0) is 0 Å². The van der Waals surface area contributed by atoms with E-state index in [4.69, 9.17) is 4.74 Å². The van der Waals surface area contributed by atoms with Crippen molar-refractivity contribution in [3.05, 3.63) is 53.1 Å². The van der Waals surface area contributed by atoms with Gasteiger partial charge >= 0.3 is 0 Å². The number of phenolic OH excluding ortho intramolecular Hbond substituents is 2. The van der Waals surface area contributed by atoms with E-state index in [1.807, 2.05) is 19.1 Å². The van der Waals surface area contributed by atoms with Gasteiger partial charge in [0.25, 0.3) is 0 Å². The zero-order chi connectivity index (χ0) is 14.7. The first kappa shape index (κ1) is 13.9. The van der Waals surface area contributed by atoms with Crippen LogP contribution >= 0.6 is 0 Å². The molecule has 2 rings (SSSR count). The minimum atomic E-state index is -0.342. The molecule has 0 bridgehead atoms. The third-order valence-electron chi connectivity index (χ3n) is 3.09. The number of ketones is 1. The molecule has 0 atom stereocenters. The summed E-state index contributed by atoms with van der Waals surface area (Å²) in [5.41, 5.74) is 1.54. The molecule has 0 saturated carbocycles. The lowest BCUT2D eigenvalue weighted by Gasteiger charge is -2.09. The highest BCUT2D eigenvalue weighted by atomic mass is 16.5. The highest BCUT2D eigenvalue weighted by Crippen LogP contribution is 2.29. The van der Waals surface area contributed by atoms with Crippen molar-refractivity contribution in [2.45, 2.75) is 13.8 Å². The van der Waals surface area contributed by atoms with E-state index in [-0.39, 0.29) is 35.0 Å². The van der Waals surface area contributed by atoms with Crippen LogP contribution in [-0.4, -0.2) is 22.6 Å². The molecule has 4 heteroatoms. The van der Waals surface area contributed by atoms with Crippen LogP contribution in [0.1, 0.15) is 21.5 Å². The fourth-order valence-electron chi connectivity index (χ4n) is 1.78. The highest BCUT2D eigenvalue weighted by Gasteiger charge is 2.15. The van der Waals surface area contributed by atoms with Crippen LogP contribution in [0, 0.1) is 13.8 Å². The molecule has 0 aliphatic carbocycles. The molecule has 20 heavy (non-hydrogen) atoms. The number of aromatic hydroxyl groups is 2. The number of rotatable bonds is 4. The van der Waals surface area contributed by atoms with E-state index in [9.17, 15) is 15.0 Å². The molecule has 0 aromatic heterocycles. The molecular formula is C16H16O4. The van der Waals surface area contributed by atoms with E-state index in [1.165, 1.54) is 12.1 Å². The van der Waals surface area contributed by atoms with Crippen molar-refractivity contribution in [2.75, 3.05) is 6.61 Å². The predicted molar refractivity (Wildman–Crippen MR) is 75.5 cm³/mol. The largest absolute Gasteiger partial charge is 0.508 e. The number of carbonyl (C=O) groups is 1. The molecule has 0 fully saturated rings. The Morgan fingerprint density at radius 2 is 1.70 bits per heavy atom. The molecule has 0 saturated heterocycles. The Morgan fingerprint density at radius 3 is 2.35 bits per heavy atom. The highest BCUT2D eigenvalue weighted by molar-refractivity contribution is 6.00. The maximum Gasteiger partial charge on any atom is 0.203 e. The van der Waals surface area contributed by atoms with Gasteiger partial charge in [0.15, 0.2) is 6.61 Å². The maximum absolute atomic E-state index is 12.0. The van der Waals surface area contributed by atoms with Crippen LogP contribution in [0.3, 0.4) is 0 Å². The second-order valence-corrected chi connectivity index (χ2v) is 4.63. The molecule has 0 amide bonds. The number of ether oxygens (including phenoxy) is 1. The minimum absolute atomic E-state index is 0.0431. The van der Waals surface area contributed by atoms with Gasteiger partial charge in [0.05, 0.1) is 5.56 Å². The van der Waals surface area contributed by atoms with Gasteiger partial charge in [-0.2, -0.15) is 0 Å². The van der Waals surface area contributed by atoms with Gasteiger partial charge in [-0.1, -0.05) is 17.7 Å². The first-order chi connectivity index (χ1) is 9.49. The SMILES string of the molecule is Cc1ccc(OCC(=O)c2ccc(O)c(C)c2O)cc1. The van der Waals surface area contributed by atoms with Crippen LogP contribution in [0.15, 0.2) is 36.4 Å². The Bertz CT molecular complexity index is 630. The minimum Gasteiger partial charge on any atom is -0.508 e. The van der Waals surface area contributed by atoms with Crippen molar-refractivity contribution >= 4 is 5.78 Å². The summed E-state index contributed by atoms with van der Waals surface area (Å²) in [6.07, 6.45) is 0. The Labute approximate surface area is 117 Å². The van der Waals surface area contributed by atoms with E-state index < -0.39 is 0 Å². The molecule has 4 nitrogen and oxygen atoms in total. The summed E-state index contributed by atoms with van der Waals surface area (Å²) in [7, 11) is 0. The lowest BCUT2D eigenvalue weighted by Crippen LogP contribution is -2.12. The van der Waals surface area contributed by atoms with Crippen LogP contribution < -0.4 is 4.74 Å². The smallest absolute Gasteiger partial charge is 0.203 e. The zero-order valence-corrected chi connectivity index (χ0v) is 11.4. The number of Topliss-reactive ketones (excluding diaryl/α,β-unsaturated/α-hetero) is 1. The average molecular weight is 272 g/mol. The van der Waals surface area contributed by atoms with Gasteiger partial charge in [-0.15, -0.1) is 0 Å². The Hall–Kier alpha value is -2.49. The van der Waals surface area contributed by atoms with Gasteiger partial charge in [0.1, 0.15) is 17.2 Å². The number of hydrogen-bond donors (Lipinski definition) is 2. The number of aryl methyl sites for hydroxylation is 1. The fraction of sp³-hybridized carbons (Fsp3) is 0.188. The molecule has 0 radical (unpaired) electrons. The number of phenols is 2. The number of benzene rings is 2. The lowest BCUT2D eigenvalue weighted by molar-refractivity contribution is 0.0918. The molecule has 2 aromatic rings. The van der Waals surface area contributed by atoms with Crippen LogP contribution in [0.5, 0.6) is 17.2 Å². The zero-order valence-electron chi connectivity index (χ0n) is 11.4. The summed E-state index contributed by atoms with van der Waals surface area (Å²) in [4.78, 5) is 12.0. The summed E-state index contributed by atoms with van der Waals surface area (Å²) >= 11 is 0. The van der Waals surface area contributed by atoms with Crippen molar-refractivity contribution < 1.29 is 19.7 Å². The predicted octanol–water partition coefficient (Wildman–Crippen LogP) is 2.98. The van der Waals surface area contributed by atoms with Gasteiger partial charge in [0, 0.05) is 5.56 Å². The molecule has 104 valence electrons. The molecule has 0 aliphatic rings. The first-order valence-corrected chi connectivity index (χ1v) is 6.23. The summed E-state index contributed by atoms with van der Waals surface area (Å²) in [5, 5.41) is 19.3. The van der Waals surface area contributed by atoms with E-state index in [1.54, 1.807) is 19.1 Å². The van der Waals surface area contributed by atoms with E-state index in [0.717, 1.165) is 5.56 Å². The third-order valence-corrected chi connectivity index (χ3v) is 3.09. The quantitative estimate of drug-likeness (QED) is 0.840. The van der Waals surface area contributed by atoms with Crippen LogP contribution in [0.25, 0.3) is 0 Å². The maximum atomic E-state index is 12.0. The average Bonchev–Trinajstić information content (AvgIpc) is 2.44. The van der Waals surface area contributed by atoms with Crippen molar-refractivity contribution in [1.29, 1.82) is 0 Å². The van der Waals surface area contributed by atoms with Gasteiger partial charge in [-0.25, -0.2) is 0 Å². The number of hydrogen-bond acceptors (Lipinski definition) is 4. The molecular weight excluding hydrogens is 256 g/mol. The lowest BCUT2D eigenvalue weighted by atomic mass is 10.1. The second kappa shape index (κ2) is 5.65. The van der Waals surface area contributed by atoms with E-state index in [0.29, 0.717) is 5.75 Å². The van der Waals surface area contributed by atoms with Crippen LogP contribution in [0.2, 0.25) is 0 Å². The molecule has 2 aromatic carbocycles. The van der Waals surface area contributed by atoms with Crippen molar-refractivity contribution in [2.24, 2.45) is 0 Å². The van der Waals surface area contributed by atoms with Gasteiger partial charge in [0.2, 0.25) is 5.78 Å². The first-order valence-electron chi connectivity index (χ1n) is 6.23. The second-order valence-electron chi connectivity index (χ2n) is 4.63. The normalized spacial score (nSPS) is 10.3. The molecule has 2 N–H and O–H groups in total. The van der Waals surface area contributed by atoms with Gasteiger partial charge < -0.3 is 14.9 Å². The van der Waals surface area contributed by atoms with Gasteiger partial charge in [-0.05, 0) is 38.1 Å². The summed E-state index contributed by atoms with van der Waals surface area (Å²) in [6, 6.07) is 10.1. The van der Waals surface area contributed by atoms with E-state index >= 15 is 0 Å². The monoisotopic (exact) mass is 272 g/mol. The summed E-state index contributed by atoms with van der Waals surface area (Å²) in [5.74, 6) is 0.00567. The molecule has 0 aliphatic heterocycles. The Balaban J connectivity index is 2.09. The summed E-state index contributed by atoms with van der Waals surface area (Å²) in [6.45, 7) is 3.34. The molecule has 0 spiro atoms. The fourth-order valence-corrected chi connectivity index (χ4v) is 1.78.